The molecular formula is C23H25FN2O5S. The zero-order valence-corrected chi connectivity index (χ0v) is 18.8. The van der Waals surface area contributed by atoms with Gasteiger partial charge in [0, 0.05) is 17.2 Å². The summed E-state index contributed by atoms with van der Waals surface area (Å²) in [4.78, 5) is 16.0. The van der Waals surface area contributed by atoms with Crippen molar-refractivity contribution in [2.45, 2.75) is 19.8 Å². The molecule has 0 amide bonds. The Hall–Kier alpha value is -3.17. The van der Waals surface area contributed by atoms with E-state index < -0.39 is 34.1 Å². The first-order valence-corrected chi connectivity index (χ1v) is 11.6. The smallest absolute Gasteiger partial charge is 0.234 e. The quantitative estimate of drug-likeness (QED) is 0.423. The van der Waals surface area contributed by atoms with E-state index in [-0.39, 0.29) is 11.5 Å². The number of aromatic amines is 1. The molecule has 1 heterocycles. The number of aliphatic hydroxyl groups is 1. The maximum absolute atomic E-state index is 14.8. The second-order valence-corrected chi connectivity index (χ2v) is 9.28. The van der Waals surface area contributed by atoms with Crippen LogP contribution in [-0.4, -0.2) is 43.8 Å². The van der Waals surface area contributed by atoms with E-state index in [1.54, 1.807) is 51.3 Å². The maximum atomic E-state index is 14.8. The highest BCUT2D eigenvalue weighted by atomic mass is 32.2. The normalized spacial score (nSPS) is 12.4. The van der Waals surface area contributed by atoms with Gasteiger partial charge in [-0.2, -0.15) is 0 Å². The Bertz CT molecular complexity index is 1220. The third-order valence-corrected chi connectivity index (χ3v) is 6.45. The number of aliphatic hydroxyl groups excluding tert-OH is 1. The number of ketones is 1. The zero-order valence-electron chi connectivity index (χ0n) is 18.0. The molecule has 3 aromatic rings. The lowest BCUT2D eigenvalue weighted by atomic mass is 9.97. The first-order valence-electron chi connectivity index (χ1n) is 9.94. The number of anilines is 1. The lowest BCUT2D eigenvalue weighted by molar-refractivity contribution is 0.103. The van der Waals surface area contributed by atoms with Crippen molar-refractivity contribution in [1.82, 2.24) is 4.98 Å². The summed E-state index contributed by atoms with van der Waals surface area (Å²) >= 11 is 0. The van der Waals surface area contributed by atoms with Crippen LogP contribution in [0.4, 0.5) is 10.1 Å². The van der Waals surface area contributed by atoms with E-state index in [2.05, 4.69) is 9.71 Å². The van der Waals surface area contributed by atoms with Gasteiger partial charge in [-0.15, -0.1) is 0 Å². The van der Waals surface area contributed by atoms with Gasteiger partial charge in [-0.1, -0.05) is 13.0 Å². The minimum Gasteiger partial charge on any atom is -0.497 e. The van der Waals surface area contributed by atoms with Crippen molar-refractivity contribution in [1.29, 1.82) is 0 Å². The van der Waals surface area contributed by atoms with Crippen molar-refractivity contribution in [2.24, 2.45) is 0 Å². The van der Waals surface area contributed by atoms with Gasteiger partial charge in [0.2, 0.25) is 15.8 Å². The molecule has 0 fully saturated rings. The van der Waals surface area contributed by atoms with Gasteiger partial charge in [0.25, 0.3) is 0 Å². The number of rotatable bonds is 9. The summed E-state index contributed by atoms with van der Waals surface area (Å²) in [6.45, 7) is 3.07. The number of sulfonamides is 1. The predicted molar refractivity (Wildman–Crippen MR) is 120 cm³/mol. The molecule has 1 atom stereocenters. The van der Waals surface area contributed by atoms with Crippen LogP contribution in [-0.2, 0) is 10.0 Å². The van der Waals surface area contributed by atoms with Gasteiger partial charge in [-0.25, -0.2) is 12.8 Å². The predicted octanol–water partition coefficient (Wildman–Crippen LogP) is 3.59. The number of H-pyrrole nitrogens is 1. The number of aromatic nitrogens is 1. The molecule has 1 unspecified atom stereocenters. The summed E-state index contributed by atoms with van der Waals surface area (Å²) in [5, 5.41) is 8.81. The van der Waals surface area contributed by atoms with E-state index in [0.717, 1.165) is 11.6 Å². The Morgan fingerprint density at radius 2 is 1.88 bits per heavy atom. The van der Waals surface area contributed by atoms with Gasteiger partial charge in [-0.3, -0.25) is 9.52 Å². The van der Waals surface area contributed by atoms with Crippen LogP contribution >= 0.6 is 0 Å². The van der Waals surface area contributed by atoms with Crippen molar-refractivity contribution in [2.75, 3.05) is 24.2 Å². The lowest BCUT2D eigenvalue weighted by Crippen LogP contribution is -2.19. The number of hydrogen-bond donors (Lipinski definition) is 3. The maximum Gasteiger partial charge on any atom is 0.234 e. The van der Waals surface area contributed by atoms with E-state index in [1.807, 2.05) is 0 Å². The van der Waals surface area contributed by atoms with Gasteiger partial charge in [0.15, 0.2) is 0 Å². The molecule has 9 heteroatoms. The molecule has 0 bridgehead atoms. The van der Waals surface area contributed by atoms with Crippen LogP contribution in [0.25, 0.3) is 0 Å². The van der Waals surface area contributed by atoms with Crippen molar-refractivity contribution in [3.8, 4) is 5.75 Å². The number of benzene rings is 2. The molecule has 32 heavy (non-hydrogen) atoms. The van der Waals surface area contributed by atoms with E-state index in [9.17, 15) is 17.6 Å². The summed E-state index contributed by atoms with van der Waals surface area (Å²) in [7, 11) is -2.20. The molecule has 0 spiro atoms. The highest BCUT2D eigenvalue weighted by Gasteiger charge is 2.21. The average Bonchev–Trinajstić information content (AvgIpc) is 3.14. The summed E-state index contributed by atoms with van der Waals surface area (Å²) in [6.07, 6.45) is 0. The molecule has 0 aliphatic rings. The summed E-state index contributed by atoms with van der Waals surface area (Å²) in [5.41, 5.74) is 2.74. The fourth-order valence-corrected chi connectivity index (χ4v) is 4.23. The topological polar surface area (TPSA) is 108 Å². The lowest BCUT2D eigenvalue weighted by Gasteiger charge is -2.14. The highest BCUT2D eigenvalue weighted by Crippen LogP contribution is 2.30. The number of halogens is 1. The van der Waals surface area contributed by atoms with Crippen LogP contribution in [0.3, 0.4) is 0 Å². The second-order valence-electron chi connectivity index (χ2n) is 7.44. The molecular weight excluding hydrogens is 435 g/mol. The summed E-state index contributed by atoms with van der Waals surface area (Å²) in [6, 6.07) is 12.6. The van der Waals surface area contributed by atoms with E-state index in [1.165, 1.54) is 12.1 Å². The summed E-state index contributed by atoms with van der Waals surface area (Å²) < 4.78 is 45.7. The van der Waals surface area contributed by atoms with Gasteiger partial charge >= 0.3 is 0 Å². The standard InChI is InChI=1S/C23H25FN2O5S/c1-14-12-21(25-22(14)23(28)16-4-7-18(31-3)8-5-16)15(2)19-9-6-17(13-20(19)24)26-32(29,30)11-10-27/h4-9,12-13,15,25-27H,10-11H2,1-3H3. The van der Waals surface area contributed by atoms with E-state index in [4.69, 9.17) is 9.84 Å². The molecule has 0 radical (unpaired) electrons. The highest BCUT2D eigenvalue weighted by molar-refractivity contribution is 7.92. The first kappa shape index (κ1) is 23.5. The number of hydrogen-bond acceptors (Lipinski definition) is 5. The Kier molecular flexibility index (Phi) is 7.00. The van der Waals surface area contributed by atoms with Crippen molar-refractivity contribution in [3.05, 3.63) is 82.4 Å². The van der Waals surface area contributed by atoms with Gasteiger partial charge < -0.3 is 14.8 Å². The number of ether oxygens (including phenoxy) is 1. The SMILES string of the molecule is COc1ccc(C(=O)c2[nH]c(C(C)c3ccc(NS(=O)(=O)CCO)cc3F)cc2C)cc1. The molecule has 0 saturated carbocycles. The van der Waals surface area contributed by atoms with Crippen LogP contribution < -0.4 is 9.46 Å². The minimum atomic E-state index is -3.75. The van der Waals surface area contributed by atoms with Crippen molar-refractivity contribution in [3.63, 3.8) is 0 Å². The van der Waals surface area contributed by atoms with Crippen LogP contribution in [0.1, 0.15) is 45.7 Å². The number of carbonyl (C=O) groups excluding carboxylic acids is 1. The van der Waals surface area contributed by atoms with E-state index >= 15 is 0 Å². The fraction of sp³-hybridized carbons (Fsp3) is 0.261. The molecule has 7 nitrogen and oxygen atoms in total. The number of methoxy groups -OCH3 is 1. The molecule has 170 valence electrons. The Morgan fingerprint density at radius 3 is 2.47 bits per heavy atom. The van der Waals surface area contributed by atoms with Gasteiger partial charge in [0.1, 0.15) is 11.6 Å². The Labute approximate surface area is 186 Å². The molecule has 0 aliphatic heterocycles. The van der Waals surface area contributed by atoms with Crippen LogP contribution in [0.15, 0.2) is 48.5 Å². The zero-order chi connectivity index (χ0) is 23.5. The molecule has 2 aromatic carbocycles. The van der Waals surface area contributed by atoms with Crippen molar-refractivity contribution >= 4 is 21.5 Å². The van der Waals surface area contributed by atoms with Gasteiger partial charge in [-0.05, 0) is 60.5 Å². The van der Waals surface area contributed by atoms with E-state index in [0.29, 0.717) is 28.3 Å². The Balaban J connectivity index is 1.84. The van der Waals surface area contributed by atoms with Crippen LogP contribution in [0.2, 0.25) is 0 Å². The minimum absolute atomic E-state index is 0.0740. The number of carbonyl (C=O) groups is 1. The first-order chi connectivity index (χ1) is 15.1. The third kappa shape index (κ3) is 5.17. The third-order valence-electron chi connectivity index (χ3n) is 5.18. The Morgan fingerprint density at radius 1 is 1.19 bits per heavy atom. The monoisotopic (exact) mass is 460 g/mol. The largest absolute Gasteiger partial charge is 0.497 e. The van der Waals surface area contributed by atoms with Crippen LogP contribution in [0.5, 0.6) is 5.75 Å². The number of aryl methyl sites for hydroxylation is 1. The molecule has 3 N–H and O–H groups in total. The van der Waals surface area contributed by atoms with Crippen molar-refractivity contribution < 1.29 is 27.4 Å². The molecule has 0 aliphatic carbocycles. The van der Waals surface area contributed by atoms with Crippen LogP contribution in [0, 0.1) is 12.7 Å². The fourth-order valence-electron chi connectivity index (χ4n) is 3.40. The second kappa shape index (κ2) is 9.54. The average molecular weight is 461 g/mol. The molecule has 0 saturated heterocycles. The summed E-state index contributed by atoms with van der Waals surface area (Å²) in [5.74, 6) is -1.000. The van der Waals surface area contributed by atoms with Gasteiger partial charge in [0.05, 0.1) is 30.9 Å². The number of nitrogens with one attached hydrogen (secondary N) is 2. The molecule has 1 aromatic heterocycles. The molecule has 3 rings (SSSR count).